The lowest BCUT2D eigenvalue weighted by atomic mass is 9.93. The smallest absolute Gasteiger partial charge is 0.273 e. The van der Waals surface area contributed by atoms with E-state index in [0.717, 1.165) is 22.1 Å². The van der Waals surface area contributed by atoms with Crippen LogP contribution in [0, 0.1) is 13.7 Å². The summed E-state index contributed by atoms with van der Waals surface area (Å²) in [6, 6.07) is 5.66. The maximum atomic E-state index is 11.1. The lowest BCUT2D eigenvalue weighted by molar-refractivity contribution is -0.385. The maximum Gasteiger partial charge on any atom is 0.273 e. The van der Waals surface area contributed by atoms with Crippen molar-refractivity contribution in [2.24, 2.45) is 0 Å². The van der Waals surface area contributed by atoms with Gasteiger partial charge >= 0.3 is 0 Å². The van der Waals surface area contributed by atoms with Gasteiger partial charge < -0.3 is 5.32 Å². The highest BCUT2D eigenvalue weighted by Crippen LogP contribution is 2.30. The number of rotatable bonds is 6. The number of hydrogen-bond acceptors (Lipinski definition) is 3. The van der Waals surface area contributed by atoms with E-state index >= 15 is 0 Å². The summed E-state index contributed by atoms with van der Waals surface area (Å²) >= 11 is 2.10. The highest BCUT2D eigenvalue weighted by atomic mass is 127. The van der Waals surface area contributed by atoms with Crippen LogP contribution in [0.25, 0.3) is 0 Å². The minimum absolute atomic E-state index is 0.119. The minimum atomic E-state index is -0.291. The molecule has 1 aromatic carbocycles. The van der Waals surface area contributed by atoms with Gasteiger partial charge in [0, 0.05) is 27.2 Å². The van der Waals surface area contributed by atoms with Gasteiger partial charge in [0.2, 0.25) is 0 Å². The minimum Gasteiger partial charge on any atom is -0.314 e. The maximum absolute atomic E-state index is 11.1. The van der Waals surface area contributed by atoms with Gasteiger partial charge in [-0.05, 0) is 48.5 Å². The lowest BCUT2D eigenvalue weighted by Crippen LogP contribution is -2.31. The van der Waals surface area contributed by atoms with E-state index in [4.69, 9.17) is 0 Å². The first kappa shape index (κ1) is 15.4. The summed E-state index contributed by atoms with van der Waals surface area (Å²) in [6.45, 7) is 7.14. The Morgan fingerprint density at radius 1 is 1.44 bits per heavy atom. The molecule has 0 aliphatic carbocycles. The van der Waals surface area contributed by atoms with E-state index in [1.165, 1.54) is 0 Å². The number of nitrogens with one attached hydrogen (secondary N) is 1. The Morgan fingerprint density at radius 2 is 2.11 bits per heavy atom. The van der Waals surface area contributed by atoms with Crippen molar-refractivity contribution in [2.75, 3.05) is 6.54 Å². The van der Waals surface area contributed by atoms with Gasteiger partial charge in [-0.15, -0.1) is 0 Å². The van der Waals surface area contributed by atoms with Crippen molar-refractivity contribution in [1.29, 1.82) is 0 Å². The van der Waals surface area contributed by atoms with E-state index in [-0.39, 0.29) is 22.6 Å². The Labute approximate surface area is 121 Å². The van der Waals surface area contributed by atoms with Crippen molar-refractivity contribution in [1.82, 2.24) is 5.32 Å². The molecular formula is C13H19IN2O2. The van der Waals surface area contributed by atoms with Crippen molar-refractivity contribution in [3.8, 4) is 0 Å². The third kappa shape index (κ3) is 3.91. The van der Waals surface area contributed by atoms with E-state index in [9.17, 15) is 10.1 Å². The van der Waals surface area contributed by atoms with Crippen LogP contribution in [0.15, 0.2) is 18.2 Å². The second-order valence-electron chi connectivity index (χ2n) is 4.49. The van der Waals surface area contributed by atoms with Gasteiger partial charge in [-0.2, -0.15) is 0 Å². The number of halogens is 1. The summed E-state index contributed by atoms with van der Waals surface area (Å²) in [4.78, 5) is 10.8. The molecule has 5 heteroatoms. The Hall–Kier alpha value is -0.690. The molecule has 0 aliphatic rings. The summed E-state index contributed by atoms with van der Waals surface area (Å²) < 4.78 is 0.893. The number of nitrogens with zero attached hydrogens (tertiary/aromatic N) is 1. The molecular weight excluding hydrogens is 343 g/mol. The van der Waals surface area contributed by atoms with Gasteiger partial charge in [-0.25, -0.2) is 0 Å². The summed E-state index contributed by atoms with van der Waals surface area (Å²) in [7, 11) is 0. The highest BCUT2D eigenvalue weighted by Gasteiger charge is 2.22. The molecule has 1 N–H and O–H groups in total. The number of hydrogen-bond donors (Lipinski definition) is 1. The van der Waals surface area contributed by atoms with Gasteiger partial charge in [0.1, 0.15) is 0 Å². The molecule has 0 saturated carbocycles. The standard InChI is InChI=1S/C13H19IN2O2/c1-4-7-15-10(3)9(2)12-6-5-11(14)8-13(12)16(17)18/h5-6,8-10,15H,4,7H2,1-3H3. The Kier molecular flexibility index (Phi) is 6.01. The molecule has 18 heavy (non-hydrogen) atoms. The molecule has 1 rings (SSSR count). The fourth-order valence-electron chi connectivity index (χ4n) is 1.88. The van der Waals surface area contributed by atoms with E-state index in [2.05, 4.69) is 41.8 Å². The topological polar surface area (TPSA) is 55.2 Å². The van der Waals surface area contributed by atoms with Gasteiger partial charge in [0.25, 0.3) is 5.69 Å². The molecule has 0 radical (unpaired) electrons. The number of benzene rings is 1. The zero-order valence-electron chi connectivity index (χ0n) is 10.9. The predicted octanol–water partition coefficient (Wildman–Crippen LogP) is 3.69. The zero-order chi connectivity index (χ0) is 13.7. The molecule has 0 aliphatic heterocycles. The Bertz CT molecular complexity index is 423. The van der Waals surface area contributed by atoms with E-state index in [1.807, 2.05) is 19.1 Å². The Morgan fingerprint density at radius 3 is 2.67 bits per heavy atom. The SMILES string of the molecule is CCCNC(C)C(C)c1ccc(I)cc1[N+](=O)[O-]. The normalized spacial score (nSPS) is 14.2. The van der Waals surface area contributed by atoms with E-state index in [1.54, 1.807) is 6.07 Å². The first-order chi connectivity index (χ1) is 8.47. The molecule has 0 aromatic heterocycles. The molecule has 0 heterocycles. The molecule has 0 amide bonds. The monoisotopic (exact) mass is 362 g/mol. The van der Waals surface area contributed by atoms with Crippen LogP contribution in [-0.4, -0.2) is 17.5 Å². The van der Waals surface area contributed by atoms with Crippen LogP contribution < -0.4 is 5.32 Å². The van der Waals surface area contributed by atoms with Crippen LogP contribution >= 0.6 is 22.6 Å². The van der Waals surface area contributed by atoms with Crippen LogP contribution in [-0.2, 0) is 0 Å². The first-order valence-electron chi connectivity index (χ1n) is 6.14. The molecule has 0 bridgehead atoms. The van der Waals surface area contributed by atoms with Gasteiger partial charge in [0.15, 0.2) is 0 Å². The molecule has 4 nitrogen and oxygen atoms in total. The van der Waals surface area contributed by atoms with Crippen LogP contribution in [0.5, 0.6) is 0 Å². The quantitative estimate of drug-likeness (QED) is 0.477. The largest absolute Gasteiger partial charge is 0.314 e. The molecule has 0 spiro atoms. The van der Waals surface area contributed by atoms with Crippen molar-refractivity contribution >= 4 is 28.3 Å². The summed E-state index contributed by atoms with van der Waals surface area (Å²) in [5.74, 6) is 0.119. The van der Waals surface area contributed by atoms with Gasteiger partial charge in [-0.1, -0.05) is 19.9 Å². The van der Waals surface area contributed by atoms with Crippen LogP contribution in [0.3, 0.4) is 0 Å². The van der Waals surface area contributed by atoms with Crippen LogP contribution in [0.1, 0.15) is 38.7 Å². The first-order valence-corrected chi connectivity index (χ1v) is 7.22. The molecule has 0 saturated heterocycles. The Balaban J connectivity index is 2.97. The predicted molar refractivity (Wildman–Crippen MR) is 82.0 cm³/mol. The molecule has 1 aromatic rings. The van der Waals surface area contributed by atoms with Crippen molar-refractivity contribution in [2.45, 2.75) is 39.2 Å². The fraction of sp³-hybridized carbons (Fsp3) is 0.538. The lowest BCUT2D eigenvalue weighted by Gasteiger charge is -2.21. The van der Waals surface area contributed by atoms with Crippen molar-refractivity contribution in [3.63, 3.8) is 0 Å². The third-order valence-electron chi connectivity index (χ3n) is 3.15. The molecule has 100 valence electrons. The van der Waals surface area contributed by atoms with E-state index in [0.29, 0.717) is 0 Å². The third-order valence-corrected chi connectivity index (χ3v) is 3.82. The zero-order valence-corrected chi connectivity index (χ0v) is 13.1. The summed E-state index contributed by atoms with van der Waals surface area (Å²) in [6.07, 6.45) is 1.06. The number of nitro groups is 1. The molecule has 2 unspecified atom stereocenters. The average Bonchev–Trinajstić information content (AvgIpc) is 2.34. The highest BCUT2D eigenvalue weighted by molar-refractivity contribution is 14.1. The second-order valence-corrected chi connectivity index (χ2v) is 5.74. The van der Waals surface area contributed by atoms with E-state index < -0.39 is 0 Å². The second kappa shape index (κ2) is 7.04. The average molecular weight is 362 g/mol. The van der Waals surface area contributed by atoms with Crippen LogP contribution in [0.4, 0.5) is 5.69 Å². The van der Waals surface area contributed by atoms with Crippen LogP contribution in [0.2, 0.25) is 0 Å². The molecule has 0 fully saturated rings. The van der Waals surface area contributed by atoms with Gasteiger partial charge in [-0.3, -0.25) is 10.1 Å². The summed E-state index contributed by atoms with van der Waals surface area (Å²) in [5, 5.41) is 14.5. The summed E-state index contributed by atoms with van der Waals surface area (Å²) in [5.41, 5.74) is 1.02. The van der Waals surface area contributed by atoms with Crippen molar-refractivity contribution in [3.05, 3.63) is 37.4 Å². The van der Waals surface area contributed by atoms with Crippen molar-refractivity contribution < 1.29 is 4.92 Å². The van der Waals surface area contributed by atoms with Gasteiger partial charge in [0.05, 0.1) is 4.92 Å². The fourth-order valence-corrected chi connectivity index (χ4v) is 2.35. The number of nitro benzene ring substituents is 1. The molecule has 2 atom stereocenters.